The van der Waals surface area contributed by atoms with Crippen molar-refractivity contribution in [3.8, 4) is 11.5 Å². The average Bonchev–Trinajstić information content (AvgIpc) is 2.72. The molecule has 0 spiro atoms. The Morgan fingerprint density at radius 1 is 1.07 bits per heavy atom. The summed E-state index contributed by atoms with van der Waals surface area (Å²) in [4.78, 5) is 12.5. The number of nitrogens with zero attached hydrogens (tertiary/aromatic N) is 1. The molecule has 0 radical (unpaired) electrons. The zero-order valence-electron chi connectivity index (χ0n) is 16.0. The second kappa shape index (κ2) is 8.62. The van der Waals surface area contributed by atoms with Gasteiger partial charge in [-0.1, -0.05) is 30.3 Å². The molecule has 7 nitrogen and oxygen atoms in total. The Morgan fingerprint density at radius 3 is 2.54 bits per heavy atom. The normalized spacial score (nSPS) is 14.2. The van der Waals surface area contributed by atoms with Crippen LogP contribution in [0.2, 0.25) is 0 Å². The fourth-order valence-corrected chi connectivity index (χ4v) is 4.61. The highest BCUT2D eigenvalue weighted by Gasteiger charge is 2.26. The van der Waals surface area contributed by atoms with Crippen molar-refractivity contribution in [1.82, 2.24) is 9.62 Å². The number of hydrogen-bond donors (Lipinski definition) is 1. The number of hydrogen-bond acceptors (Lipinski definition) is 5. The minimum absolute atomic E-state index is 0.0136. The van der Waals surface area contributed by atoms with E-state index in [0.29, 0.717) is 36.6 Å². The summed E-state index contributed by atoms with van der Waals surface area (Å²) in [6, 6.07) is 12.8. The third-order valence-corrected chi connectivity index (χ3v) is 6.60. The summed E-state index contributed by atoms with van der Waals surface area (Å²) in [6.45, 7) is 0.840. The van der Waals surface area contributed by atoms with E-state index in [1.54, 1.807) is 18.2 Å². The third kappa shape index (κ3) is 4.28. The molecule has 0 aliphatic carbocycles. The summed E-state index contributed by atoms with van der Waals surface area (Å²) in [5.41, 5.74) is 2.51. The van der Waals surface area contributed by atoms with E-state index in [9.17, 15) is 13.2 Å². The Bertz CT molecular complexity index is 959. The molecule has 0 saturated heterocycles. The van der Waals surface area contributed by atoms with Crippen molar-refractivity contribution in [1.29, 1.82) is 0 Å². The number of ether oxygens (including phenoxy) is 2. The number of sulfonamides is 1. The minimum Gasteiger partial charge on any atom is -0.493 e. The first kappa shape index (κ1) is 20.2. The van der Waals surface area contributed by atoms with Crippen molar-refractivity contribution in [3.05, 3.63) is 59.2 Å². The van der Waals surface area contributed by atoms with Gasteiger partial charge in [0.25, 0.3) is 5.91 Å². The maximum atomic E-state index is 12.7. The number of fused-ring (bicyclic) bond motifs is 1. The number of carbonyl (C=O) groups excluding carboxylic acids is 1. The summed E-state index contributed by atoms with van der Waals surface area (Å²) in [5, 5.41) is 2.66. The number of rotatable bonds is 7. The lowest BCUT2D eigenvalue weighted by molar-refractivity contribution is 0.0952. The van der Waals surface area contributed by atoms with E-state index in [1.807, 2.05) is 24.3 Å². The zero-order chi connectivity index (χ0) is 20.1. The van der Waals surface area contributed by atoms with Gasteiger partial charge in [-0.2, -0.15) is 4.31 Å². The Hall–Kier alpha value is -2.58. The maximum Gasteiger partial charge on any atom is 0.255 e. The molecule has 1 amide bonds. The summed E-state index contributed by atoms with van der Waals surface area (Å²) in [5.74, 6) is 0.190. The van der Waals surface area contributed by atoms with Gasteiger partial charge in [-0.15, -0.1) is 0 Å². The lowest BCUT2D eigenvalue weighted by Crippen LogP contribution is -2.40. The van der Waals surface area contributed by atoms with Crippen LogP contribution in [0.25, 0.3) is 0 Å². The van der Waals surface area contributed by atoms with Gasteiger partial charge in [0.1, 0.15) is 0 Å². The highest BCUT2D eigenvalue weighted by atomic mass is 32.2. The molecule has 2 aromatic carbocycles. The van der Waals surface area contributed by atoms with Crippen LogP contribution in [-0.2, 0) is 23.0 Å². The van der Waals surface area contributed by atoms with Crippen LogP contribution < -0.4 is 14.8 Å². The third-order valence-electron chi connectivity index (χ3n) is 4.78. The van der Waals surface area contributed by atoms with Gasteiger partial charge in [0, 0.05) is 19.6 Å². The fourth-order valence-electron chi connectivity index (χ4n) is 3.29. The summed E-state index contributed by atoms with van der Waals surface area (Å²) < 4.78 is 37.3. The van der Waals surface area contributed by atoms with Gasteiger partial charge in [-0.05, 0) is 29.7 Å². The van der Waals surface area contributed by atoms with E-state index in [0.717, 1.165) is 5.56 Å². The minimum atomic E-state index is -3.47. The number of para-hydroxylation sites is 1. The quantitative estimate of drug-likeness (QED) is 0.761. The molecule has 1 N–H and O–H groups in total. The van der Waals surface area contributed by atoms with E-state index < -0.39 is 15.9 Å². The number of carbonyl (C=O) groups is 1. The van der Waals surface area contributed by atoms with Crippen LogP contribution in [0.1, 0.15) is 21.5 Å². The van der Waals surface area contributed by atoms with Crippen molar-refractivity contribution in [2.24, 2.45) is 0 Å². The number of benzene rings is 2. The molecular weight excluding hydrogens is 380 g/mol. The predicted molar refractivity (Wildman–Crippen MR) is 106 cm³/mol. The van der Waals surface area contributed by atoms with Gasteiger partial charge in [0.2, 0.25) is 10.0 Å². The van der Waals surface area contributed by atoms with Crippen LogP contribution in [0, 0.1) is 0 Å². The maximum absolute atomic E-state index is 12.7. The molecule has 8 heteroatoms. The number of methoxy groups -OCH3 is 2. The highest BCUT2D eigenvalue weighted by molar-refractivity contribution is 7.89. The first-order valence-corrected chi connectivity index (χ1v) is 10.6. The Morgan fingerprint density at radius 2 is 1.82 bits per heavy atom. The molecule has 3 rings (SSSR count). The molecule has 0 fully saturated rings. The molecular formula is C20H24N2O5S. The van der Waals surface area contributed by atoms with Crippen molar-refractivity contribution >= 4 is 15.9 Å². The van der Waals surface area contributed by atoms with Gasteiger partial charge < -0.3 is 14.8 Å². The highest BCUT2D eigenvalue weighted by Crippen LogP contribution is 2.30. The van der Waals surface area contributed by atoms with E-state index in [1.165, 1.54) is 24.1 Å². The van der Waals surface area contributed by atoms with Crippen LogP contribution in [0.5, 0.6) is 11.5 Å². The fraction of sp³-hybridized carbons (Fsp3) is 0.350. The van der Waals surface area contributed by atoms with Gasteiger partial charge in [-0.25, -0.2) is 8.42 Å². The lowest BCUT2D eigenvalue weighted by Gasteiger charge is -2.28. The molecule has 0 bridgehead atoms. The monoisotopic (exact) mass is 404 g/mol. The van der Waals surface area contributed by atoms with Crippen LogP contribution in [0.15, 0.2) is 42.5 Å². The van der Waals surface area contributed by atoms with Gasteiger partial charge >= 0.3 is 0 Å². The van der Waals surface area contributed by atoms with E-state index >= 15 is 0 Å². The smallest absolute Gasteiger partial charge is 0.255 e. The Balaban J connectivity index is 1.61. The summed E-state index contributed by atoms with van der Waals surface area (Å²) >= 11 is 0. The van der Waals surface area contributed by atoms with Crippen LogP contribution in [-0.4, -0.2) is 51.7 Å². The molecule has 150 valence electrons. The molecule has 2 aromatic rings. The number of nitrogens with one attached hydrogen (secondary N) is 1. The van der Waals surface area contributed by atoms with Crippen LogP contribution in [0.3, 0.4) is 0 Å². The standard InChI is InChI=1S/C20H24N2O5S/c1-26-18-9-5-8-17(19(18)27-2)20(23)21-11-13-28(24,25)22-12-10-15-6-3-4-7-16(15)14-22/h3-9H,10-14H2,1-2H3,(H,21,23). The molecule has 1 aliphatic heterocycles. The molecule has 0 atom stereocenters. The second-order valence-corrected chi connectivity index (χ2v) is 8.55. The van der Waals surface area contributed by atoms with E-state index in [2.05, 4.69) is 5.32 Å². The van der Waals surface area contributed by atoms with E-state index in [4.69, 9.17) is 9.47 Å². The molecule has 1 heterocycles. The zero-order valence-corrected chi connectivity index (χ0v) is 16.8. The van der Waals surface area contributed by atoms with Gasteiger partial charge in [0.15, 0.2) is 11.5 Å². The SMILES string of the molecule is COc1cccc(C(=O)NCCS(=O)(=O)N2CCc3ccccc3C2)c1OC. The van der Waals surface area contributed by atoms with Crippen molar-refractivity contribution in [2.45, 2.75) is 13.0 Å². The van der Waals surface area contributed by atoms with Crippen molar-refractivity contribution in [2.75, 3.05) is 33.1 Å². The topological polar surface area (TPSA) is 84.9 Å². The Labute approximate surface area is 165 Å². The van der Waals surface area contributed by atoms with Gasteiger partial charge in [-0.3, -0.25) is 4.79 Å². The first-order chi connectivity index (χ1) is 13.5. The van der Waals surface area contributed by atoms with E-state index in [-0.39, 0.29) is 12.3 Å². The first-order valence-electron chi connectivity index (χ1n) is 9.00. The predicted octanol–water partition coefficient (Wildman–Crippen LogP) is 1.82. The Kier molecular flexibility index (Phi) is 6.21. The van der Waals surface area contributed by atoms with Crippen LogP contribution >= 0.6 is 0 Å². The van der Waals surface area contributed by atoms with Crippen molar-refractivity contribution < 1.29 is 22.7 Å². The van der Waals surface area contributed by atoms with Crippen molar-refractivity contribution in [3.63, 3.8) is 0 Å². The second-order valence-electron chi connectivity index (χ2n) is 6.47. The molecule has 28 heavy (non-hydrogen) atoms. The number of amides is 1. The molecule has 0 aromatic heterocycles. The summed E-state index contributed by atoms with van der Waals surface area (Å²) in [6.07, 6.45) is 0.697. The molecule has 0 unspecified atom stereocenters. The molecule has 1 aliphatic rings. The van der Waals surface area contributed by atoms with Gasteiger partial charge in [0.05, 0.1) is 25.5 Å². The largest absolute Gasteiger partial charge is 0.493 e. The lowest BCUT2D eigenvalue weighted by atomic mass is 10.0. The summed E-state index contributed by atoms with van der Waals surface area (Å²) in [7, 11) is -0.529. The van der Waals surface area contributed by atoms with Crippen LogP contribution in [0.4, 0.5) is 0 Å². The molecule has 0 saturated carbocycles. The average molecular weight is 404 g/mol.